The molecular weight excluding hydrogens is 230 g/mol. The fraction of sp³-hybridized carbons (Fsp3) is 0.571. The molecule has 0 aromatic heterocycles. The summed E-state index contributed by atoms with van der Waals surface area (Å²) >= 11 is 0. The van der Waals surface area contributed by atoms with Crippen molar-refractivity contribution in [3.8, 4) is 5.75 Å². The zero-order valence-electron chi connectivity index (χ0n) is 11.4. The smallest absolute Gasteiger partial charge is 0.192 e. The third-order valence-electron chi connectivity index (χ3n) is 3.43. The van der Waals surface area contributed by atoms with Crippen LogP contribution >= 0.6 is 0 Å². The highest BCUT2D eigenvalue weighted by atomic mass is 16.7. The Labute approximate surface area is 108 Å². The van der Waals surface area contributed by atoms with Crippen molar-refractivity contribution in [2.75, 3.05) is 20.3 Å². The van der Waals surface area contributed by atoms with Gasteiger partial charge in [0, 0.05) is 12.1 Å². The first kappa shape index (κ1) is 13.3. The van der Waals surface area contributed by atoms with Crippen LogP contribution in [0.3, 0.4) is 0 Å². The molecule has 2 atom stereocenters. The number of nitrogens with two attached hydrogens (primary N) is 1. The van der Waals surface area contributed by atoms with Crippen LogP contribution in [0.25, 0.3) is 0 Å². The maximum atomic E-state index is 5.91. The Morgan fingerprint density at radius 3 is 2.67 bits per heavy atom. The molecular formula is C14H21NO3. The van der Waals surface area contributed by atoms with Gasteiger partial charge >= 0.3 is 0 Å². The molecule has 100 valence electrons. The van der Waals surface area contributed by atoms with Gasteiger partial charge in [-0.1, -0.05) is 0 Å². The van der Waals surface area contributed by atoms with Crippen molar-refractivity contribution in [1.82, 2.24) is 0 Å². The van der Waals surface area contributed by atoms with Gasteiger partial charge in [0.05, 0.1) is 19.8 Å². The van der Waals surface area contributed by atoms with Crippen LogP contribution in [0.1, 0.15) is 23.6 Å². The third kappa shape index (κ3) is 2.23. The molecule has 1 fully saturated rings. The molecule has 2 rings (SSSR count). The average Bonchev–Trinajstić information content (AvgIpc) is 2.74. The van der Waals surface area contributed by atoms with Gasteiger partial charge in [-0.3, -0.25) is 0 Å². The molecule has 1 saturated heterocycles. The van der Waals surface area contributed by atoms with Gasteiger partial charge in [0.25, 0.3) is 0 Å². The Balaban J connectivity index is 2.37. The number of hydrogen-bond acceptors (Lipinski definition) is 4. The maximum absolute atomic E-state index is 5.91. The van der Waals surface area contributed by atoms with Gasteiger partial charge in [0.1, 0.15) is 5.75 Å². The summed E-state index contributed by atoms with van der Waals surface area (Å²) in [6, 6.07) is 4.07. The highest BCUT2D eigenvalue weighted by Crippen LogP contribution is 2.37. The highest BCUT2D eigenvalue weighted by molar-refractivity contribution is 5.43. The predicted octanol–water partition coefficient (Wildman–Crippen LogP) is 1.86. The molecule has 0 bridgehead atoms. The molecule has 1 heterocycles. The van der Waals surface area contributed by atoms with E-state index in [0.717, 1.165) is 22.4 Å². The summed E-state index contributed by atoms with van der Waals surface area (Å²) in [6.45, 7) is 7.00. The Kier molecular flexibility index (Phi) is 3.61. The van der Waals surface area contributed by atoms with Gasteiger partial charge in [0.15, 0.2) is 5.79 Å². The van der Waals surface area contributed by atoms with Crippen molar-refractivity contribution in [2.45, 2.75) is 32.7 Å². The topological polar surface area (TPSA) is 53.7 Å². The first-order chi connectivity index (χ1) is 8.50. The second-order valence-corrected chi connectivity index (χ2v) is 4.87. The standard InChI is InChI=1S/C14H21NO3/c1-9-6-13(16-4)10(2)5-12(9)14(3)17-8-11(7-15)18-14/h5-6,11H,7-8,15H2,1-4H3. The van der Waals surface area contributed by atoms with E-state index in [1.54, 1.807) is 7.11 Å². The van der Waals surface area contributed by atoms with Crippen LogP contribution in [-0.4, -0.2) is 26.4 Å². The van der Waals surface area contributed by atoms with E-state index in [0.29, 0.717) is 13.2 Å². The largest absolute Gasteiger partial charge is 0.496 e. The quantitative estimate of drug-likeness (QED) is 0.891. The van der Waals surface area contributed by atoms with Gasteiger partial charge in [-0.15, -0.1) is 0 Å². The molecule has 4 nitrogen and oxygen atoms in total. The fourth-order valence-corrected chi connectivity index (χ4v) is 2.39. The van der Waals surface area contributed by atoms with Crippen LogP contribution in [0.2, 0.25) is 0 Å². The fourth-order valence-electron chi connectivity index (χ4n) is 2.39. The van der Waals surface area contributed by atoms with E-state index < -0.39 is 5.79 Å². The lowest BCUT2D eigenvalue weighted by molar-refractivity contribution is -0.161. The molecule has 2 unspecified atom stereocenters. The summed E-state index contributed by atoms with van der Waals surface area (Å²) in [5.74, 6) is 0.179. The van der Waals surface area contributed by atoms with Crippen LogP contribution in [0, 0.1) is 13.8 Å². The SMILES string of the molecule is COc1cc(C)c(C2(C)OCC(CN)O2)cc1C. The van der Waals surface area contributed by atoms with Crippen molar-refractivity contribution in [2.24, 2.45) is 5.73 Å². The summed E-state index contributed by atoms with van der Waals surface area (Å²) in [5, 5.41) is 0. The lowest BCUT2D eigenvalue weighted by atomic mass is 9.98. The first-order valence-corrected chi connectivity index (χ1v) is 6.17. The normalized spacial score (nSPS) is 27.5. The van der Waals surface area contributed by atoms with Crippen LogP contribution < -0.4 is 10.5 Å². The molecule has 0 radical (unpaired) electrons. The van der Waals surface area contributed by atoms with Crippen molar-refractivity contribution < 1.29 is 14.2 Å². The summed E-state index contributed by atoms with van der Waals surface area (Å²) in [5.41, 5.74) is 8.83. The minimum absolute atomic E-state index is 0.0307. The van der Waals surface area contributed by atoms with E-state index in [-0.39, 0.29) is 6.10 Å². The van der Waals surface area contributed by atoms with Crippen LogP contribution in [0.4, 0.5) is 0 Å². The van der Waals surface area contributed by atoms with Crippen molar-refractivity contribution in [3.63, 3.8) is 0 Å². The molecule has 1 aromatic rings. The number of benzene rings is 1. The summed E-state index contributed by atoms with van der Waals surface area (Å²) in [6.07, 6.45) is -0.0307. The Hall–Kier alpha value is -1.10. The molecule has 0 saturated carbocycles. The molecule has 1 aromatic carbocycles. The summed E-state index contributed by atoms with van der Waals surface area (Å²) < 4.78 is 17.0. The average molecular weight is 251 g/mol. The van der Waals surface area contributed by atoms with Gasteiger partial charge in [-0.05, 0) is 44.0 Å². The lowest BCUT2D eigenvalue weighted by Crippen LogP contribution is -2.28. The predicted molar refractivity (Wildman–Crippen MR) is 69.7 cm³/mol. The lowest BCUT2D eigenvalue weighted by Gasteiger charge is -2.26. The Morgan fingerprint density at radius 2 is 2.11 bits per heavy atom. The molecule has 0 amide bonds. The summed E-state index contributed by atoms with van der Waals surface area (Å²) in [7, 11) is 1.68. The van der Waals surface area contributed by atoms with E-state index in [1.165, 1.54) is 0 Å². The zero-order chi connectivity index (χ0) is 13.3. The molecule has 1 aliphatic rings. The van der Waals surface area contributed by atoms with Crippen LogP contribution in [-0.2, 0) is 15.3 Å². The molecule has 4 heteroatoms. The van der Waals surface area contributed by atoms with Gasteiger partial charge in [-0.25, -0.2) is 0 Å². The number of hydrogen-bond donors (Lipinski definition) is 1. The third-order valence-corrected chi connectivity index (χ3v) is 3.43. The van der Waals surface area contributed by atoms with E-state index in [4.69, 9.17) is 19.9 Å². The summed E-state index contributed by atoms with van der Waals surface area (Å²) in [4.78, 5) is 0. The number of ether oxygens (including phenoxy) is 3. The molecule has 18 heavy (non-hydrogen) atoms. The second kappa shape index (κ2) is 4.88. The van der Waals surface area contributed by atoms with Crippen LogP contribution in [0.15, 0.2) is 12.1 Å². The highest BCUT2D eigenvalue weighted by Gasteiger charge is 2.39. The molecule has 2 N–H and O–H groups in total. The van der Waals surface area contributed by atoms with Crippen molar-refractivity contribution >= 4 is 0 Å². The van der Waals surface area contributed by atoms with Crippen molar-refractivity contribution in [1.29, 1.82) is 0 Å². The van der Waals surface area contributed by atoms with Gasteiger partial charge in [0.2, 0.25) is 0 Å². The minimum atomic E-state index is -0.703. The first-order valence-electron chi connectivity index (χ1n) is 6.17. The Bertz CT molecular complexity index is 447. The van der Waals surface area contributed by atoms with E-state index >= 15 is 0 Å². The second-order valence-electron chi connectivity index (χ2n) is 4.87. The molecule has 0 spiro atoms. The number of methoxy groups -OCH3 is 1. The van der Waals surface area contributed by atoms with E-state index in [9.17, 15) is 0 Å². The van der Waals surface area contributed by atoms with Gasteiger partial charge in [-0.2, -0.15) is 0 Å². The van der Waals surface area contributed by atoms with Crippen molar-refractivity contribution in [3.05, 3.63) is 28.8 Å². The van der Waals surface area contributed by atoms with E-state index in [1.807, 2.05) is 26.8 Å². The van der Waals surface area contributed by atoms with Gasteiger partial charge < -0.3 is 19.9 Å². The Morgan fingerprint density at radius 1 is 1.39 bits per heavy atom. The van der Waals surface area contributed by atoms with Crippen LogP contribution in [0.5, 0.6) is 5.75 Å². The molecule has 0 aliphatic carbocycles. The molecule has 1 aliphatic heterocycles. The minimum Gasteiger partial charge on any atom is -0.496 e. The maximum Gasteiger partial charge on any atom is 0.192 e. The van der Waals surface area contributed by atoms with E-state index in [2.05, 4.69) is 6.07 Å². The zero-order valence-corrected chi connectivity index (χ0v) is 11.4. The number of aryl methyl sites for hydroxylation is 2. The monoisotopic (exact) mass is 251 g/mol. The number of rotatable bonds is 3.